The van der Waals surface area contributed by atoms with Crippen molar-refractivity contribution in [3.05, 3.63) is 35.9 Å². The molecule has 0 aliphatic heterocycles. The van der Waals surface area contributed by atoms with Gasteiger partial charge in [-0.15, -0.1) is 0 Å². The van der Waals surface area contributed by atoms with Crippen LogP contribution in [0, 0.1) is 0 Å². The van der Waals surface area contributed by atoms with Gasteiger partial charge in [0, 0.05) is 26.1 Å². The molecule has 0 bridgehead atoms. The maximum Gasteiger partial charge on any atom is 0.325 e. The molecule has 0 aromatic heterocycles. The number of ether oxygens (including phenoxy) is 1. The molecular formula is C15H19NO4S. The lowest BCUT2D eigenvalue weighted by atomic mass is 10.2. The van der Waals surface area contributed by atoms with Crippen LogP contribution in [0.4, 0.5) is 0 Å². The van der Waals surface area contributed by atoms with E-state index in [2.05, 4.69) is 0 Å². The Morgan fingerprint density at radius 1 is 1.19 bits per heavy atom. The molecule has 0 radical (unpaired) electrons. The molecule has 0 aliphatic carbocycles. The van der Waals surface area contributed by atoms with Crippen molar-refractivity contribution < 1.29 is 19.1 Å². The lowest BCUT2D eigenvalue weighted by Crippen LogP contribution is -2.33. The number of likely N-dealkylation sites (N-methyl/N-ethyl adjacent to an activating group) is 1. The van der Waals surface area contributed by atoms with Crippen LogP contribution in [-0.4, -0.2) is 41.2 Å². The fraction of sp³-hybridized carbons (Fsp3) is 0.400. The first kappa shape index (κ1) is 17.2. The smallest absolute Gasteiger partial charge is 0.325 e. The zero-order valence-corrected chi connectivity index (χ0v) is 13.0. The predicted octanol–water partition coefficient (Wildman–Crippen LogP) is 1.86. The number of carbonyl (C=O) groups excluding carboxylic acids is 3. The Bertz CT molecular complexity index is 490. The van der Waals surface area contributed by atoms with Gasteiger partial charge >= 0.3 is 5.97 Å². The van der Waals surface area contributed by atoms with Crippen molar-refractivity contribution in [1.82, 2.24) is 4.90 Å². The van der Waals surface area contributed by atoms with Crippen molar-refractivity contribution >= 4 is 28.8 Å². The van der Waals surface area contributed by atoms with Gasteiger partial charge in [-0.05, 0) is 5.56 Å². The molecule has 0 atom stereocenters. The molecule has 0 N–H and O–H groups in total. The average Bonchev–Trinajstić information content (AvgIpc) is 2.45. The van der Waals surface area contributed by atoms with E-state index in [1.165, 1.54) is 11.8 Å². The van der Waals surface area contributed by atoms with Crippen LogP contribution in [0.2, 0.25) is 0 Å². The van der Waals surface area contributed by atoms with Crippen molar-refractivity contribution in [3.8, 4) is 0 Å². The maximum atomic E-state index is 11.7. The molecule has 0 aliphatic rings. The first-order valence-corrected chi connectivity index (χ1v) is 7.54. The highest BCUT2D eigenvalue weighted by Gasteiger charge is 2.14. The molecule has 0 saturated heterocycles. The first-order chi connectivity index (χ1) is 9.99. The van der Waals surface area contributed by atoms with E-state index in [-0.39, 0.29) is 30.6 Å². The number of nitrogens with zero attached hydrogens (tertiary/aromatic N) is 1. The lowest BCUT2D eigenvalue weighted by Gasteiger charge is -2.16. The predicted molar refractivity (Wildman–Crippen MR) is 81.6 cm³/mol. The van der Waals surface area contributed by atoms with Crippen LogP contribution in [0.3, 0.4) is 0 Å². The Morgan fingerprint density at radius 2 is 1.86 bits per heavy atom. The highest BCUT2D eigenvalue weighted by Crippen LogP contribution is 2.05. The normalized spacial score (nSPS) is 10.0. The van der Waals surface area contributed by atoms with E-state index < -0.39 is 5.97 Å². The van der Waals surface area contributed by atoms with E-state index >= 15 is 0 Å². The minimum atomic E-state index is -0.450. The summed E-state index contributed by atoms with van der Waals surface area (Å²) >= 11 is 1.10. The summed E-state index contributed by atoms with van der Waals surface area (Å²) < 4.78 is 5.10. The summed E-state index contributed by atoms with van der Waals surface area (Å²) in [6.07, 6.45) is 0.229. The molecule has 1 amide bonds. The van der Waals surface area contributed by atoms with E-state index in [4.69, 9.17) is 4.74 Å². The van der Waals surface area contributed by atoms with Crippen molar-refractivity contribution in [2.45, 2.75) is 20.0 Å². The van der Waals surface area contributed by atoms with Gasteiger partial charge in [-0.25, -0.2) is 0 Å². The molecule has 1 rings (SSSR count). The summed E-state index contributed by atoms with van der Waals surface area (Å²) in [7, 11) is 1.55. The van der Waals surface area contributed by atoms with Crippen LogP contribution in [-0.2, 0) is 25.7 Å². The largest absolute Gasteiger partial charge is 0.459 e. The monoisotopic (exact) mass is 309 g/mol. The van der Waals surface area contributed by atoms with Crippen LogP contribution >= 0.6 is 11.8 Å². The molecule has 114 valence electrons. The Hall–Kier alpha value is -1.82. The molecule has 0 heterocycles. The van der Waals surface area contributed by atoms with Gasteiger partial charge in [0.05, 0.1) is 0 Å². The third-order valence-electron chi connectivity index (χ3n) is 2.66. The van der Waals surface area contributed by atoms with Gasteiger partial charge in [-0.2, -0.15) is 0 Å². The van der Waals surface area contributed by atoms with E-state index in [0.717, 1.165) is 17.3 Å². The number of rotatable bonds is 7. The molecule has 0 spiro atoms. The highest BCUT2D eigenvalue weighted by molar-refractivity contribution is 8.13. The molecule has 21 heavy (non-hydrogen) atoms. The van der Waals surface area contributed by atoms with Gasteiger partial charge in [-0.3, -0.25) is 14.4 Å². The summed E-state index contributed by atoms with van der Waals surface area (Å²) in [6, 6.07) is 9.34. The third-order valence-corrected chi connectivity index (χ3v) is 3.47. The summed E-state index contributed by atoms with van der Waals surface area (Å²) in [4.78, 5) is 35.4. The number of thioether (sulfide) groups is 1. The topological polar surface area (TPSA) is 63.7 Å². The van der Waals surface area contributed by atoms with Gasteiger partial charge < -0.3 is 9.64 Å². The number of hydrogen-bond acceptors (Lipinski definition) is 5. The van der Waals surface area contributed by atoms with Crippen LogP contribution in [0.5, 0.6) is 0 Å². The zero-order valence-electron chi connectivity index (χ0n) is 12.2. The SMILES string of the molecule is CC(=O)SCCC(=O)N(C)CC(=O)OCc1ccccc1. The second kappa shape index (κ2) is 9.18. The second-order valence-corrected chi connectivity index (χ2v) is 5.76. The average molecular weight is 309 g/mol. The third kappa shape index (κ3) is 7.51. The van der Waals surface area contributed by atoms with Crippen LogP contribution in [0.15, 0.2) is 30.3 Å². The van der Waals surface area contributed by atoms with Gasteiger partial charge in [0.1, 0.15) is 13.2 Å². The quantitative estimate of drug-likeness (QED) is 0.719. The zero-order chi connectivity index (χ0) is 15.7. The molecule has 0 saturated carbocycles. The molecule has 0 fully saturated rings. The molecular weight excluding hydrogens is 290 g/mol. The summed E-state index contributed by atoms with van der Waals surface area (Å²) in [6.45, 7) is 1.57. The van der Waals surface area contributed by atoms with Gasteiger partial charge in [-0.1, -0.05) is 42.1 Å². The Labute approximate surface area is 128 Å². The lowest BCUT2D eigenvalue weighted by molar-refractivity contribution is -0.149. The van der Waals surface area contributed by atoms with Crippen LogP contribution < -0.4 is 0 Å². The van der Waals surface area contributed by atoms with Gasteiger partial charge in [0.15, 0.2) is 5.12 Å². The van der Waals surface area contributed by atoms with E-state index in [1.54, 1.807) is 7.05 Å². The summed E-state index contributed by atoms with van der Waals surface area (Å²) in [5, 5.41) is -0.0206. The van der Waals surface area contributed by atoms with Crippen molar-refractivity contribution in [2.24, 2.45) is 0 Å². The standard InChI is InChI=1S/C15H19NO4S/c1-12(17)21-9-8-14(18)16(2)10-15(19)20-11-13-6-4-3-5-7-13/h3-7H,8-11H2,1-2H3. The molecule has 0 unspecified atom stereocenters. The number of hydrogen-bond donors (Lipinski definition) is 0. The van der Waals surface area contributed by atoms with Crippen LogP contribution in [0.1, 0.15) is 18.9 Å². The minimum Gasteiger partial charge on any atom is -0.459 e. The number of benzene rings is 1. The first-order valence-electron chi connectivity index (χ1n) is 6.56. The number of esters is 1. The van der Waals surface area contributed by atoms with Crippen molar-refractivity contribution in [2.75, 3.05) is 19.3 Å². The molecule has 6 heteroatoms. The van der Waals surface area contributed by atoms with Gasteiger partial charge in [0.2, 0.25) is 5.91 Å². The summed E-state index contributed by atoms with van der Waals surface area (Å²) in [5.41, 5.74) is 0.901. The Kier molecular flexibility index (Phi) is 7.53. The molecule has 1 aromatic rings. The van der Waals surface area contributed by atoms with E-state index in [1.807, 2.05) is 30.3 Å². The van der Waals surface area contributed by atoms with Crippen LogP contribution in [0.25, 0.3) is 0 Å². The number of amides is 1. The van der Waals surface area contributed by atoms with Gasteiger partial charge in [0.25, 0.3) is 0 Å². The molecule has 5 nitrogen and oxygen atoms in total. The second-order valence-electron chi connectivity index (χ2n) is 4.49. The minimum absolute atomic E-state index is 0.0206. The van der Waals surface area contributed by atoms with E-state index in [0.29, 0.717) is 5.75 Å². The molecule has 1 aromatic carbocycles. The number of carbonyl (C=O) groups is 3. The maximum absolute atomic E-state index is 11.7. The fourth-order valence-electron chi connectivity index (χ4n) is 1.54. The van der Waals surface area contributed by atoms with E-state index in [9.17, 15) is 14.4 Å². The Balaban J connectivity index is 2.26. The van der Waals surface area contributed by atoms with Crippen molar-refractivity contribution in [1.29, 1.82) is 0 Å². The summed E-state index contributed by atoms with van der Waals surface area (Å²) in [5.74, 6) is -0.202. The highest BCUT2D eigenvalue weighted by atomic mass is 32.2. The van der Waals surface area contributed by atoms with Crippen molar-refractivity contribution in [3.63, 3.8) is 0 Å². The Morgan fingerprint density at radius 3 is 2.48 bits per heavy atom. The fourth-order valence-corrected chi connectivity index (χ4v) is 2.10.